The van der Waals surface area contributed by atoms with Crippen molar-refractivity contribution in [1.29, 1.82) is 0 Å². The van der Waals surface area contributed by atoms with Crippen molar-refractivity contribution in [2.45, 2.75) is 11.8 Å². The zero-order chi connectivity index (χ0) is 14.9. The van der Waals surface area contributed by atoms with Crippen LogP contribution in [0.1, 0.15) is 5.69 Å². The van der Waals surface area contributed by atoms with E-state index in [-0.39, 0.29) is 16.4 Å². The number of hydrogen-bond acceptors (Lipinski definition) is 4. The molecule has 0 saturated carbocycles. The van der Waals surface area contributed by atoms with E-state index in [9.17, 15) is 8.42 Å². The predicted octanol–water partition coefficient (Wildman–Crippen LogP) is 3.19. The van der Waals surface area contributed by atoms with Gasteiger partial charge in [0, 0.05) is 9.50 Å². The zero-order valence-electron chi connectivity index (χ0n) is 10.4. The van der Waals surface area contributed by atoms with Crippen LogP contribution < -0.4 is 10.5 Å². The molecule has 0 unspecified atom stereocenters. The maximum absolute atomic E-state index is 12.2. The number of anilines is 2. The summed E-state index contributed by atoms with van der Waals surface area (Å²) >= 11 is 9.05. The van der Waals surface area contributed by atoms with E-state index in [1.807, 2.05) is 0 Å². The van der Waals surface area contributed by atoms with Gasteiger partial charge in [0.2, 0.25) is 0 Å². The Morgan fingerprint density at radius 1 is 1.30 bits per heavy atom. The molecule has 0 spiro atoms. The van der Waals surface area contributed by atoms with Crippen LogP contribution in [0, 0.1) is 6.92 Å². The molecule has 1 aromatic heterocycles. The van der Waals surface area contributed by atoms with E-state index in [2.05, 4.69) is 25.6 Å². The van der Waals surface area contributed by atoms with Gasteiger partial charge < -0.3 is 5.73 Å². The number of sulfonamides is 1. The van der Waals surface area contributed by atoms with E-state index in [1.54, 1.807) is 19.1 Å². The van der Waals surface area contributed by atoms with Gasteiger partial charge in [0.25, 0.3) is 10.0 Å². The minimum atomic E-state index is -3.80. The van der Waals surface area contributed by atoms with Crippen LogP contribution in [0.25, 0.3) is 0 Å². The quantitative estimate of drug-likeness (QED) is 0.806. The van der Waals surface area contributed by atoms with Gasteiger partial charge in [0.15, 0.2) is 0 Å². The molecule has 20 heavy (non-hydrogen) atoms. The van der Waals surface area contributed by atoms with Crippen molar-refractivity contribution in [3.63, 3.8) is 0 Å². The van der Waals surface area contributed by atoms with Gasteiger partial charge in [-0.05, 0) is 53.2 Å². The third kappa shape index (κ3) is 3.23. The summed E-state index contributed by atoms with van der Waals surface area (Å²) in [6.45, 7) is 1.76. The summed E-state index contributed by atoms with van der Waals surface area (Å²) in [5, 5.41) is 0.374. The minimum absolute atomic E-state index is 0.0377. The van der Waals surface area contributed by atoms with Crippen LogP contribution in [0.3, 0.4) is 0 Å². The van der Waals surface area contributed by atoms with Crippen LogP contribution in [0.15, 0.2) is 39.7 Å². The highest BCUT2D eigenvalue weighted by molar-refractivity contribution is 9.10. The number of aryl methyl sites for hydroxylation is 1. The number of nitrogens with zero attached hydrogens (tertiary/aromatic N) is 1. The average Bonchev–Trinajstić information content (AvgIpc) is 2.33. The lowest BCUT2D eigenvalue weighted by Gasteiger charge is -2.10. The Morgan fingerprint density at radius 3 is 2.60 bits per heavy atom. The number of hydrogen-bond donors (Lipinski definition) is 2. The molecular formula is C12H11BrClN3O2S. The van der Waals surface area contributed by atoms with Gasteiger partial charge in [-0.1, -0.05) is 11.6 Å². The summed E-state index contributed by atoms with van der Waals surface area (Å²) in [4.78, 5) is 4.09. The lowest BCUT2D eigenvalue weighted by molar-refractivity contribution is 0.601. The van der Waals surface area contributed by atoms with Crippen LogP contribution in [0.5, 0.6) is 0 Å². The van der Waals surface area contributed by atoms with E-state index in [4.69, 9.17) is 17.3 Å². The summed E-state index contributed by atoms with van der Waals surface area (Å²) < 4.78 is 27.7. The van der Waals surface area contributed by atoms with Gasteiger partial charge in [0.05, 0.1) is 11.4 Å². The number of benzene rings is 1. The van der Waals surface area contributed by atoms with Crippen LogP contribution >= 0.6 is 27.5 Å². The monoisotopic (exact) mass is 375 g/mol. The molecule has 0 aliphatic heterocycles. The molecule has 3 N–H and O–H groups in total. The Balaban J connectivity index is 2.38. The van der Waals surface area contributed by atoms with Gasteiger partial charge in [-0.3, -0.25) is 4.72 Å². The first kappa shape index (κ1) is 15.1. The molecule has 1 aromatic carbocycles. The lowest BCUT2D eigenvalue weighted by atomic mass is 10.3. The van der Waals surface area contributed by atoms with Gasteiger partial charge in [-0.2, -0.15) is 0 Å². The van der Waals surface area contributed by atoms with Crippen LogP contribution in [-0.4, -0.2) is 13.4 Å². The van der Waals surface area contributed by atoms with Gasteiger partial charge >= 0.3 is 0 Å². The van der Waals surface area contributed by atoms with Crippen molar-refractivity contribution in [3.05, 3.63) is 45.5 Å². The smallest absolute Gasteiger partial charge is 0.265 e. The highest BCUT2D eigenvalue weighted by Crippen LogP contribution is 2.25. The van der Waals surface area contributed by atoms with Crippen molar-refractivity contribution in [2.24, 2.45) is 0 Å². The highest BCUT2D eigenvalue weighted by Gasteiger charge is 2.18. The first-order valence-corrected chi connectivity index (χ1v) is 8.16. The molecule has 1 heterocycles. The van der Waals surface area contributed by atoms with Crippen molar-refractivity contribution < 1.29 is 8.42 Å². The number of nitrogens with one attached hydrogen (secondary N) is 1. The molecule has 5 nitrogen and oxygen atoms in total. The van der Waals surface area contributed by atoms with Gasteiger partial charge in [0.1, 0.15) is 10.7 Å². The second-order valence-corrected chi connectivity index (χ2v) is 6.99. The topological polar surface area (TPSA) is 85.1 Å². The molecule has 2 aromatic rings. The Morgan fingerprint density at radius 2 is 2.00 bits per heavy atom. The highest BCUT2D eigenvalue weighted by atomic mass is 79.9. The first-order valence-electron chi connectivity index (χ1n) is 5.50. The van der Waals surface area contributed by atoms with Gasteiger partial charge in [-0.25, -0.2) is 13.4 Å². The van der Waals surface area contributed by atoms with E-state index in [1.165, 1.54) is 18.2 Å². The maximum Gasteiger partial charge on any atom is 0.265 e. The van der Waals surface area contributed by atoms with Crippen LogP contribution in [-0.2, 0) is 10.0 Å². The Kier molecular flexibility index (Phi) is 4.22. The molecule has 8 heteroatoms. The SMILES string of the molecule is Cc1nc(NS(=O)(=O)c2ccc(Cl)cc2N)ccc1Br. The number of pyridine rings is 1. The number of nitrogen functional groups attached to an aromatic ring is 1. The largest absolute Gasteiger partial charge is 0.398 e. The number of rotatable bonds is 3. The fourth-order valence-electron chi connectivity index (χ4n) is 1.56. The number of aromatic nitrogens is 1. The molecule has 0 saturated heterocycles. The average molecular weight is 377 g/mol. The van der Waals surface area contributed by atoms with Crippen molar-refractivity contribution in [2.75, 3.05) is 10.5 Å². The maximum atomic E-state index is 12.2. The Labute approximate surface area is 130 Å². The van der Waals surface area contributed by atoms with E-state index in [0.717, 1.165) is 4.47 Å². The third-order valence-corrected chi connectivity index (χ3v) is 5.02. The minimum Gasteiger partial charge on any atom is -0.398 e. The fraction of sp³-hybridized carbons (Fsp3) is 0.0833. The normalized spacial score (nSPS) is 11.3. The summed E-state index contributed by atoms with van der Waals surface area (Å²) in [7, 11) is -3.80. The zero-order valence-corrected chi connectivity index (χ0v) is 13.6. The molecular weight excluding hydrogens is 366 g/mol. The molecule has 0 aliphatic carbocycles. The summed E-state index contributed by atoms with van der Waals surface area (Å²) in [5.41, 5.74) is 6.44. The van der Waals surface area contributed by atoms with Crippen LogP contribution in [0.2, 0.25) is 5.02 Å². The second-order valence-electron chi connectivity index (χ2n) is 4.05. The van der Waals surface area contributed by atoms with Crippen molar-refractivity contribution in [3.8, 4) is 0 Å². The number of halogens is 2. The molecule has 0 atom stereocenters. The van der Waals surface area contributed by atoms with E-state index in [0.29, 0.717) is 10.7 Å². The Hall–Kier alpha value is -1.31. The van der Waals surface area contributed by atoms with E-state index < -0.39 is 10.0 Å². The van der Waals surface area contributed by atoms with Gasteiger partial charge in [-0.15, -0.1) is 0 Å². The third-order valence-electron chi connectivity index (χ3n) is 2.52. The molecule has 0 amide bonds. The predicted molar refractivity (Wildman–Crippen MR) is 83.3 cm³/mol. The standard InChI is InChI=1S/C12H11BrClN3O2S/c1-7-9(13)3-5-12(16-7)17-20(18,19)11-4-2-8(14)6-10(11)15/h2-6H,15H2,1H3,(H,16,17). The first-order chi connectivity index (χ1) is 9.29. The molecule has 106 valence electrons. The summed E-state index contributed by atoms with van der Waals surface area (Å²) in [6, 6.07) is 7.47. The van der Waals surface area contributed by atoms with Crippen LogP contribution in [0.4, 0.5) is 11.5 Å². The van der Waals surface area contributed by atoms with Crippen molar-refractivity contribution >= 4 is 49.1 Å². The van der Waals surface area contributed by atoms with Crippen molar-refractivity contribution in [1.82, 2.24) is 4.98 Å². The number of nitrogens with two attached hydrogens (primary N) is 1. The summed E-state index contributed by atoms with van der Waals surface area (Å²) in [5.74, 6) is 0.222. The fourth-order valence-corrected chi connectivity index (χ4v) is 3.07. The molecule has 0 bridgehead atoms. The van der Waals surface area contributed by atoms with E-state index >= 15 is 0 Å². The summed E-state index contributed by atoms with van der Waals surface area (Å²) in [6.07, 6.45) is 0. The second kappa shape index (κ2) is 5.59. The molecule has 0 radical (unpaired) electrons. The Bertz CT molecular complexity index is 765. The molecule has 2 rings (SSSR count). The lowest BCUT2D eigenvalue weighted by Crippen LogP contribution is -2.15. The molecule has 0 fully saturated rings. The molecule has 0 aliphatic rings.